The number of rotatable bonds is 6. The molecule has 1 aliphatic rings. The normalized spacial score (nSPS) is 14.0. The van der Waals surface area contributed by atoms with Crippen LogP contribution in [0.3, 0.4) is 0 Å². The number of carbonyl (C=O) groups excluding carboxylic acids is 4. The minimum atomic E-state index is -1.01. The van der Waals surface area contributed by atoms with Gasteiger partial charge in [0.1, 0.15) is 6.04 Å². The van der Waals surface area contributed by atoms with Crippen molar-refractivity contribution in [2.45, 2.75) is 33.7 Å². The molecule has 30 heavy (non-hydrogen) atoms. The zero-order valence-electron chi connectivity index (χ0n) is 17.5. The van der Waals surface area contributed by atoms with Gasteiger partial charge in [0.15, 0.2) is 0 Å². The Balaban J connectivity index is 1.71. The van der Waals surface area contributed by atoms with Gasteiger partial charge in [-0.15, -0.1) is 0 Å². The molecule has 1 aliphatic heterocycles. The van der Waals surface area contributed by atoms with Crippen LogP contribution in [-0.2, 0) is 9.59 Å². The number of fused-ring (bicyclic) bond motifs is 1. The number of carbonyl (C=O) groups is 4. The fourth-order valence-corrected chi connectivity index (χ4v) is 3.65. The Morgan fingerprint density at radius 2 is 1.43 bits per heavy atom. The van der Waals surface area contributed by atoms with Crippen molar-refractivity contribution in [2.75, 3.05) is 11.9 Å². The van der Waals surface area contributed by atoms with Gasteiger partial charge in [-0.2, -0.15) is 0 Å². The Hall–Kier alpha value is -3.48. The van der Waals surface area contributed by atoms with E-state index in [1.807, 2.05) is 32.0 Å². The van der Waals surface area contributed by atoms with Crippen molar-refractivity contribution >= 4 is 29.3 Å². The highest BCUT2D eigenvalue weighted by Crippen LogP contribution is 2.27. The van der Waals surface area contributed by atoms with Gasteiger partial charge in [-0.1, -0.05) is 44.2 Å². The number of para-hydroxylation sites is 1. The lowest BCUT2D eigenvalue weighted by Crippen LogP contribution is -2.53. The van der Waals surface area contributed by atoms with Crippen molar-refractivity contribution in [1.29, 1.82) is 0 Å². The van der Waals surface area contributed by atoms with E-state index in [1.54, 1.807) is 38.1 Å². The van der Waals surface area contributed by atoms with Crippen molar-refractivity contribution in [1.82, 2.24) is 10.2 Å². The number of hydrogen-bond acceptors (Lipinski definition) is 4. The topological polar surface area (TPSA) is 95.6 Å². The highest BCUT2D eigenvalue weighted by molar-refractivity contribution is 6.23. The number of nitrogens with zero attached hydrogens (tertiary/aromatic N) is 1. The summed E-state index contributed by atoms with van der Waals surface area (Å²) in [5.74, 6) is -2.25. The molecule has 156 valence electrons. The number of amides is 4. The summed E-state index contributed by atoms with van der Waals surface area (Å²) in [6.07, 6.45) is 0. The van der Waals surface area contributed by atoms with Gasteiger partial charge in [-0.25, -0.2) is 0 Å². The van der Waals surface area contributed by atoms with Gasteiger partial charge in [-0.3, -0.25) is 24.1 Å². The van der Waals surface area contributed by atoms with Crippen LogP contribution in [-0.4, -0.2) is 41.1 Å². The molecule has 7 heteroatoms. The fourth-order valence-electron chi connectivity index (χ4n) is 3.65. The summed E-state index contributed by atoms with van der Waals surface area (Å²) in [6, 6.07) is 11.2. The monoisotopic (exact) mass is 407 g/mol. The molecule has 1 heterocycles. The first-order chi connectivity index (χ1) is 14.2. The van der Waals surface area contributed by atoms with Crippen molar-refractivity contribution in [2.24, 2.45) is 5.92 Å². The molecule has 0 spiro atoms. The number of nitrogens with one attached hydrogen (secondary N) is 2. The minimum Gasteiger partial charge on any atom is -0.345 e. The Kier molecular flexibility index (Phi) is 6.01. The van der Waals surface area contributed by atoms with Crippen molar-refractivity contribution in [3.8, 4) is 0 Å². The lowest BCUT2D eigenvalue weighted by molar-refractivity contribution is -0.128. The molecule has 0 fully saturated rings. The Morgan fingerprint density at radius 1 is 0.900 bits per heavy atom. The predicted molar refractivity (Wildman–Crippen MR) is 113 cm³/mol. The second-order valence-corrected chi connectivity index (χ2v) is 7.75. The summed E-state index contributed by atoms with van der Waals surface area (Å²) in [5.41, 5.74) is 3.11. The molecule has 0 aliphatic carbocycles. The molecular weight excluding hydrogens is 382 g/mol. The van der Waals surface area contributed by atoms with Gasteiger partial charge in [0.05, 0.1) is 17.7 Å². The first-order valence-corrected chi connectivity index (χ1v) is 9.83. The Bertz CT molecular complexity index is 974. The van der Waals surface area contributed by atoms with Crippen LogP contribution < -0.4 is 10.6 Å². The third-order valence-corrected chi connectivity index (χ3v) is 5.17. The summed E-state index contributed by atoms with van der Waals surface area (Å²) < 4.78 is 0. The van der Waals surface area contributed by atoms with Crippen molar-refractivity contribution in [3.63, 3.8) is 0 Å². The summed E-state index contributed by atoms with van der Waals surface area (Å²) in [5, 5.41) is 5.37. The molecule has 1 unspecified atom stereocenters. The molecule has 4 amide bonds. The van der Waals surface area contributed by atoms with Gasteiger partial charge in [0, 0.05) is 5.69 Å². The standard InChI is InChI=1S/C23H25N3O4/c1-13(2)20(26-22(29)16-10-5-6-11-17(16)23(26)30)21(28)24-12-18(27)25-19-14(3)8-7-9-15(19)4/h5-11,13,20H,12H2,1-4H3,(H,24,28)(H,25,27). The van der Waals surface area contributed by atoms with Crippen molar-refractivity contribution < 1.29 is 19.2 Å². The molecule has 0 saturated carbocycles. The summed E-state index contributed by atoms with van der Waals surface area (Å²) >= 11 is 0. The number of benzene rings is 2. The quantitative estimate of drug-likeness (QED) is 0.720. The van der Waals surface area contributed by atoms with E-state index in [0.717, 1.165) is 16.0 Å². The largest absolute Gasteiger partial charge is 0.345 e. The minimum absolute atomic E-state index is 0.265. The second kappa shape index (κ2) is 8.49. The predicted octanol–water partition coefficient (Wildman–Crippen LogP) is 2.68. The lowest BCUT2D eigenvalue weighted by Gasteiger charge is -2.28. The van der Waals surface area contributed by atoms with Gasteiger partial charge in [0.2, 0.25) is 11.8 Å². The van der Waals surface area contributed by atoms with E-state index in [9.17, 15) is 19.2 Å². The summed E-state index contributed by atoms with van der Waals surface area (Å²) in [4.78, 5) is 51.7. The van der Waals surface area contributed by atoms with Gasteiger partial charge in [0.25, 0.3) is 11.8 Å². The molecule has 0 bridgehead atoms. The molecule has 0 saturated heterocycles. The van der Waals surface area contributed by atoms with Crippen LogP contribution in [0.25, 0.3) is 0 Å². The number of aryl methyl sites for hydroxylation is 2. The molecule has 3 rings (SSSR count). The second-order valence-electron chi connectivity index (χ2n) is 7.75. The van der Waals surface area contributed by atoms with Gasteiger partial charge in [-0.05, 0) is 43.0 Å². The number of hydrogen-bond donors (Lipinski definition) is 2. The van der Waals surface area contributed by atoms with E-state index in [1.165, 1.54) is 0 Å². The van der Waals surface area contributed by atoms with Gasteiger partial charge < -0.3 is 10.6 Å². The molecule has 7 nitrogen and oxygen atoms in total. The summed E-state index contributed by atoms with van der Waals surface area (Å²) in [6.45, 7) is 7.02. The maximum absolute atomic E-state index is 12.9. The zero-order valence-corrected chi connectivity index (χ0v) is 17.5. The van der Waals surface area contributed by atoms with E-state index in [2.05, 4.69) is 10.6 Å². The lowest BCUT2D eigenvalue weighted by atomic mass is 10.0. The molecule has 0 radical (unpaired) electrons. The average Bonchev–Trinajstić information content (AvgIpc) is 2.95. The molecular formula is C23H25N3O4. The molecule has 2 aromatic rings. The molecule has 2 aromatic carbocycles. The van der Waals surface area contributed by atoms with E-state index < -0.39 is 23.8 Å². The highest BCUT2D eigenvalue weighted by Gasteiger charge is 2.43. The maximum atomic E-state index is 12.9. The zero-order chi connectivity index (χ0) is 22.0. The van der Waals surface area contributed by atoms with Crippen LogP contribution >= 0.6 is 0 Å². The molecule has 2 N–H and O–H groups in total. The Morgan fingerprint density at radius 3 is 1.93 bits per heavy atom. The summed E-state index contributed by atoms with van der Waals surface area (Å²) in [7, 11) is 0. The smallest absolute Gasteiger partial charge is 0.262 e. The number of anilines is 1. The molecule has 1 atom stereocenters. The van der Waals surface area contributed by atoms with E-state index in [-0.39, 0.29) is 29.5 Å². The third kappa shape index (κ3) is 3.96. The average molecular weight is 407 g/mol. The number of imide groups is 1. The van der Waals surface area contributed by atoms with Crippen LogP contribution in [0.5, 0.6) is 0 Å². The fraction of sp³-hybridized carbons (Fsp3) is 0.304. The first-order valence-electron chi connectivity index (χ1n) is 9.83. The van der Waals surface area contributed by atoms with Crippen molar-refractivity contribution in [3.05, 3.63) is 64.7 Å². The maximum Gasteiger partial charge on any atom is 0.262 e. The van der Waals surface area contributed by atoms with Crippen LogP contribution in [0.4, 0.5) is 5.69 Å². The highest BCUT2D eigenvalue weighted by atomic mass is 16.2. The van der Waals surface area contributed by atoms with Crippen LogP contribution in [0.1, 0.15) is 45.7 Å². The molecule has 0 aromatic heterocycles. The van der Waals surface area contributed by atoms with Crippen LogP contribution in [0.2, 0.25) is 0 Å². The Labute approximate surface area is 175 Å². The van der Waals surface area contributed by atoms with Crippen LogP contribution in [0.15, 0.2) is 42.5 Å². The van der Waals surface area contributed by atoms with E-state index >= 15 is 0 Å². The first kappa shape index (κ1) is 21.2. The van der Waals surface area contributed by atoms with Crippen LogP contribution in [0, 0.1) is 19.8 Å². The van der Waals surface area contributed by atoms with E-state index in [4.69, 9.17) is 0 Å². The van der Waals surface area contributed by atoms with E-state index in [0.29, 0.717) is 5.69 Å². The SMILES string of the molecule is Cc1cccc(C)c1NC(=O)CNC(=O)C(C(C)C)N1C(=O)c2ccccc2C1=O. The third-order valence-electron chi connectivity index (χ3n) is 5.17. The van der Waals surface area contributed by atoms with Gasteiger partial charge >= 0.3 is 0 Å².